The molecule has 234 valence electrons. The zero-order valence-electron chi connectivity index (χ0n) is 24.5. The van der Waals surface area contributed by atoms with Gasteiger partial charge in [0.2, 0.25) is 21.8 Å². The lowest BCUT2D eigenvalue weighted by atomic mass is 10.0. The molecule has 0 bridgehead atoms. The highest BCUT2D eigenvalue weighted by molar-refractivity contribution is 7.92. The Balaban J connectivity index is 1.79. The number of carbonyl (C=O) groups is 2. The minimum Gasteiger partial charge on any atom is -0.495 e. The van der Waals surface area contributed by atoms with Gasteiger partial charge in [0, 0.05) is 36.2 Å². The summed E-state index contributed by atoms with van der Waals surface area (Å²) >= 11 is 6.49. The van der Waals surface area contributed by atoms with Gasteiger partial charge in [-0.15, -0.1) is 0 Å². The van der Waals surface area contributed by atoms with E-state index in [0.717, 1.165) is 47.9 Å². The third kappa shape index (κ3) is 8.26. The van der Waals surface area contributed by atoms with E-state index in [4.69, 9.17) is 16.3 Å². The molecule has 13 heteroatoms. The van der Waals surface area contributed by atoms with E-state index in [2.05, 4.69) is 5.32 Å². The topological polar surface area (TPSA) is 139 Å². The first-order valence-electron chi connectivity index (χ1n) is 14.1. The zero-order valence-corrected chi connectivity index (χ0v) is 26.1. The maximum atomic E-state index is 14.3. The lowest BCUT2D eigenvalue weighted by Gasteiger charge is -2.34. The number of hydrogen-bond donors (Lipinski definition) is 1. The summed E-state index contributed by atoms with van der Waals surface area (Å²) in [7, 11) is -2.88. The van der Waals surface area contributed by atoms with Crippen molar-refractivity contribution in [3.8, 4) is 5.75 Å². The van der Waals surface area contributed by atoms with E-state index in [9.17, 15) is 28.1 Å². The van der Waals surface area contributed by atoms with Crippen LogP contribution >= 0.6 is 11.6 Å². The Kier molecular flexibility index (Phi) is 10.8. The summed E-state index contributed by atoms with van der Waals surface area (Å²) in [6.07, 6.45) is 4.70. The van der Waals surface area contributed by atoms with Crippen molar-refractivity contribution in [3.63, 3.8) is 0 Å². The second-order valence-corrected chi connectivity index (χ2v) is 13.0. The van der Waals surface area contributed by atoms with Crippen LogP contribution in [-0.2, 0) is 32.6 Å². The van der Waals surface area contributed by atoms with Crippen LogP contribution in [0, 0.1) is 10.1 Å². The van der Waals surface area contributed by atoms with Gasteiger partial charge in [0.1, 0.15) is 24.0 Å². The molecule has 1 fully saturated rings. The van der Waals surface area contributed by atoms with Crippen molar-refractivity contribution in [2.75, 3.05) is 24.2 Å². The van der Waals surface area contributed by atoms with Crippen molar-refractivity contribution in [2.24, 2.45) is 0 Å². The molecule has 0 aliphatic heterocycles. The molecule has 0 heterocycles. The fourth-order valence-electron chi connectivity index (χ4n) is 5.31. The summed E-state index contributed by atoms with van der Waals surface area (Å²) in [5, 5.41) is 15.0. The number of hydrogen-bond acceptors (Lipinski definition) is 7. The van der Waals surface area contributed by atoms with Gasteiger partial charge in [-0.1, -0.05) is 73.0 Å². The number of anilines is 1. The quantitative estimate of drug-likeness (QED) is 0.210. The Labute approximate surface area is 262 Å². The van der Waals surface area contributed by atoms with Gasteiger partial charge >= 0.3 is 0 Å². The minimum atomic E-state index is -4.17. The SMILES string of the molecule is COc1ccc([N+](=O)[O-])cc1N(CC(=O)N(Cc1ccccc1Cl)[C@H](Cc1ccccc1)C(=O)NC1CCCC1)S(C)(=O)=O. The summed E-state index contributed by atoms with van der Waals surface area (Å²) in [5.74, 6) is -1.04. The molecule has 2 amide bonds. The highest BCUT2D eigenvalue weighted by atomic mass is 35.5. The van der Waals surface area contributed by atoms with Crippen LogP contribution in [0.1, 0.15) is 36.8 Å². The molecular formula is C31H35ClN4O7S. The monoisotopic (exact) mass is 642 g/mol. The molecule has 0 saturated heterocycles. The van der Waals surface area contributed by atoms with Crippen molar-refractivity contribution in [1.29, 1.82) is 0 Å². The van der Waals surface area contributed by atoms with E-state index in [1.54, 1.807) is 24.3 Å². The Morgan fingerprint density at radius 3 is 2.34 bits per heavy atom. The van der Waals surface area contributed by atoms with Crippen molar-refractivity contribution < 1.29 is 27.7 Å². The molecular weight excluding hydrogens is 608 g/mol. The van der Waals surface area contributed by atoms with Crippen LogP contribution in [0.2, 0.25) is 5.02 Å². The fourth-order valence-corrected chi connectivity index (χ4v) is 6.35. The number of halogens is 1. The van der Waals surface area contributed by atoms with Crippen LogP contribution in [-0.4, -0.2) is 62.0 Å². The maximum Gasteiger partial charge on any atom is 0.271 e. The third-order valence-corrected chi connectivity index (χ3v) is 9.09. The van der Waals surface area contributed by atoms with Crippen LogP contribution < -0.4 is 14.4 Å². The molecule has 4 rings (SSSR count). The Morgan fingerprint density at radius 1 is 1.07 bits per heavy atom. The summed E-state index contributed by atoms with van der Waals surface area (Å²) < 4.78 is 32.3. The number of nitrogens with one attached hydrogen (secondary N) is 1. The van der Waals surface area contributed by atoms with Crippen LogP contribution in [0.15, 0.2) is 72.8 Å². The first-order valence-corrected chi connectivity index (χ1v) is 16.4. The smallest absolute Gasteiger partial charge is 0.271 e. The number of carbonyl (C=O) groups excluding carboxylic acids is 2. The molecule has 0 aromatic heterocycles. The number of amides is 2. The number of nitro groups is 1. The molecule has 1 saturated carbocycles. The second-order valence-electron chi connectivity index (χ2n) is 10.7. The summed E-state index contributed by atoms with van der Waals surface area (Å²) in [6, 6.07) is 18.6. The zero-order chi connectivity index (χ0) is 31.9. The lowest BCUT2D eigenvalue weighted by molar-refractivity contribution is -0.384. The van der Waals surface area contributed by atoms with Crippen LogP contribution in [0.25, 0.3) is 0 Å². The van der Waals surface area contributed by atoms with Gasteiger partial charge in [0.15, 0.2) is 0 Å². The predicted molar refractivity (Wildman–Crippen MR) is 168 cm³/mol. The minimum absolute atomic E-state index is 0.0197. The van der Waals surface area contributed by atoms with Crippen LogP contribution in [0.4, 0.5) is 11.4 Å². The molecule has 0 spiro atoms. The van der Waals surface area contributed by atoms with Crippen molar-refractivity contribution in [1.82, 2.24) is 10.2 Å². The molecule has 1 aliphatic rings. The normalized spacial score (nSPS) is 14.1. The van der Waals surface area contributed by atoms with Crippen molar-refractivity contribution in [2.45, 2.75) is 50.7 Å². The molecule has 1 aliphatic carbocycles. The molecule has 44 heavy (non-hydrogen) atoms. The molecule has 3 aromatic rings. The van der Waals surface area contributed by atoms with E-state index in [1.165, 1.54) is 24.1 Å². The largest absolute Gasteiger partial charge is 0.495 e. The molecule has 1 atom stereocenters. The van der Waals surface area contributed by atoms with Gasteiger partial charge in [-0.2, -0.15) is 0 Å². The number of ether oxygens (including phenoxy) is 1. The lowest BCUT2D eigenvalue weighted by Crippen LogP contribution is -2.54. The Morgan fingerprint density at radius 2 is 1.73 bits per heavy atom. The Hall–Kier alpha value is -4.16. The third-order valence-electron chi connectivity index (χ3n) is 7.59. The van der Waals surface area contributed by atoms with Gasteiger partial charge in [-0.3, -0.25) is 24.0 Å². The standard InChI is InChI=1S/C31H35ClN4O7S/c1-43-29-17-16-25(36(39)40)19-27(29)35(44(2,41)42)21-30(37)34(20-23-12-6-9-15-26(23)32)28(18-22-10-4-3-5-11-22)31(38)33-24-13-7-8-14-24/h3-6,9-12,15-17,19,24,28H,7-8,13-14,18,20-21H2,1-2H3,(H,33,38)/t28-/m1/s1. The van der Waals surface area contributed by atoms with Gasteiger partial charge < -0.3 is 15.0 Å². The number of nitrogens with zero attached hydrogens (tertiary/aromatic N) is 3. The van der Waals surface area contributed by atoms with Gasteiger partial charge in [0.05, 0.1) is 18.3 Å². The molecule has 3 aromatic carbocycles. The van der Waals surface area contributed by atoms with E-state index in [-0.39, 0.29) is 42.0 Å². The number of sulfonamides is 1. The predicted octanol–water partition coefficient (Wildman–Crippen LogP) is 4.72. The molecule has 1 N–H and O–H groups in total. The summed E-state index contributed by atoms with van der Waals surface area (Å²) in [6.45, 7) is -0.833. The second kappa shape index (κ2) is 14.5. The average Bonchev–Trinajstić information content (AvgIpc) is 3.51. The van der Waals surface area contributed by atoms with Crippen molar-refractivity contribution in [3.05, 3.63) is 99.1 Å². The van der Waals surface area contributed by atoms with Crippen LogP contribution in [0.5, 0.6) is 5.75 Å². The first-order chi connectivity index (χ1) is 21.0. The summed E-state index contributed by atoms with van der Waals surface area (Å²) in [4.78, 5) is 40.4. The molecule has 0 unspecified atom stereocenters. The average molecular weight is 643 g/mol. The molecule has 11 nitrogen and oxygen atoms in total. The number of benzene rings is 3. The highest BCUT2D eigenvalue weighted by Crippen LogP contribution is 2.34. The number of non-ortho nitro benzene ring substituents is 1. The van der Waals surface area contributed by atoms with E-state index >= 15 is 0 Å². The summed E-state index contributed by atoms with van der Waals surface area (Å²) in [5.41, 5.74) is 0.808. The Bertz CT molecular complexity index is 1600. The van der Waals surface area contributed by atoms with E-state index < -0.39 is 33.4 Å². The molecule has 0 radical (unpaired) electrons. The number of rotatable bonds is 13. The van der Waals surface area contributed by atoms with E-state index in [0.29, 0.717) is 10.6 Å². The first kappa shape index (κ1) is 32.7. The van der Waals surface area contributed by atoms with Gasteiger partial charge in [0.25, 0.3) is 5.69 Å². The van der Waals surface area contributed by atoms with Crippen LogP contribution in [0.3, 0.4) is 0 Å². The number of methoxy groups -OCH3 is 1. The highest BCUT2D eigenvalue weighted by Gasteiger charge is 2.35. The van der Waals surface area contributed by atoms with E-state index in [1.807, 2.05) is 30.3 Å². The van der Waals surface area contributed by atoms with Crippen molar-refractivity contribution >= 4 is 44.8 Å². The number of nitro benzene ring substituents is 1. The fraction of sp³-hybridized carbons (Fsp3) is 0.355. The van der Waals surface area contributed by atoms with Gasteiger partial charge in [-0.25, -0.2) is 8.42 Å². The maximum absolute atomic E-state index is 14.3. The van der Waals surface area contributed by atoms with Gasteiger partial charge in [-0.05, 0) is 36.1 Å².